The van der Waals surface area contributed by atoms with E-state index in [0.29, 0.717) is 24.0 Å². The lowest BCUT2D eigenvalue weighted by Crippen LogP contribution is -2.04. The van der Waals surface area contributed by atoms with E-state index in [4.69, 9.17) is 4.74 Å². The van der Waals surface area contributed by atoms with Crippen molar-refractivity contribution in [3.63, 3.8) is 0 Å². The van der Waals surface area contributed by atoms with Crippen LogP contribution in [0.25, 0.3) is 11.4 Å². The van der Waals surface area contributed by atoms with Gasteiger partial charge in [-0.1, -0.05) is 36.0 Å². The number of ether oxygens (including phenoxy) is 1. The molecular weight excluding hydrogens is 349 g/mol. The van der Waals surface area contributed by atoms with E-state index in [1.165, 1.54) is 11.6 Å². The summed E-state index contributed by atoms with van der Waals surface area (Å²) in [4.78, 5) is 0. The molecule has 0 saturated heterocycles. The van der Waals surface area contributed by atoms with Crippen LogP contribution in [0.3, 0.4) is 0 Å². The second-order valence-corrected chi connectivity index (χ2v) is 7.46. The second kappa shape index (κ2) is 7.50. The lowest BCUT2D eigenvalue weighted by Gasteiger charge is -2.10. The average Bonchev–Trinajstić information content (AvgIpc) is 3.39. The van der Waals surface area contributed by atoms with Gasteiger partial charge in [-0.15, -0.1) is 10.2 Å². The molecule has 0 spiro atoms. The van der Waals surface area contributed by atoms with Crippen molar-refractivity contribution < 1.29 is 9.13 Å². The van der Waals surface area contributed by atoms with E-state index in [0.717, 1.165) is 29.5 Å². The number of thioether (sulfide) groups is 1. The Bertz CT molecular complexity index is 908. The molecule has 0 bridgehead atoms. The summed E-state index contributed by atoms with van der Waals surface area (Å²) < 4.78 is 22.0. The van der Waals surface area contributed by atoms with Crippen LogP contribution >= 0.6 is 11.8 Å². The highest BCUT2D eigenvalue weighted by Gasteiger charge is 2.30. The van der Waals surface area contributed by atoms with Crippen LogP contribution in [-0.4, -0.2) is 27.1 Å². The third-order valence-electron chi connectivity index (χ3n) is 4.26. The zero-order valence-corrected chi connectivity index (χ0v) is 15.4. The Morgan fingerprint density at radius 3 is 2.77 bits per heavy atom. The van der Waals surface area contributed by atoms with Gasteiger partial charge >= 0.3 is 0 Å². The number of halogens is 1. The molecule has 4 nitrogen and oxygen atoms in total. The number of aromatic nitrogens is 3. The van der Waals surface area contributed by atoms with Gasteiger partial charge in [0.15, 0.2) is 11.0 Å². The van der Waals surface area contributed by atoms with Crippen LogP contribution in [-0.2, 0) is 0 Å². The van der Waals surface area contributed by atoms with E-state index in [9.17, 15) is 4.39 Å². The first-order valence-electron chi connectivity index (χ1n) is 8.74. The molecule has 1 aromatic heterocycles. The number of hydrogen-bond donors (Lipinski definition) is 0. The summed E-state index contributed by atoms with van der Waals surface area (Å²) in [6, 6.07) is 15.1. The van der Waals surface area contributed by atoms with Crippen molar-refractivity contribution in [1.82, 2.24) is 14.8 Å². The zero-order valence-electron chi connectivity index (χ0n) is 14.6. The number of rotatable bonds is 7. The molecule has 6 heteroatoms. The standard InChI is InChI=1S/C20H20FN3OS/c1-14-5-4-6-16(13-14)25-11-12-26-20-23-22-19(24(20)15-9-10-15)17-7-2-3-8-18(17)21/h2-8,13,15H,9-12H2,1H3. The van der Waals surface area contributed by atoms with Crippen molar-refractivity contribution >= 4 is 11.8 Å². The van der Waals surface area contributed by atoms with Gasteiger partial charge in [0.2, 0.25) is 0 Å². The number of nitrogens with zero attached hydrogens (tertiary/aromatic N) is 3. The SMILES string of the molecule is Cc1cccc(OCCSc2nnc(-c3ccccc3F)n2C2CC2)c1. The van der Waals surface area contributed by atoms with Crippen molar-refractivity contribution in [2.45, 2.75) is 31.0 Å². The van der Waals surface area contributed by atoms with Crippen LogP contribution in [0.2, 0.25) is 0 Å². The maximum atomic E-state index is 14.2. The van der Waals surface area contributed by atoms with Crippen LogP contribution in [0, 0.1) is 12.7 Å². The Labute approximate surface area is 156 Å². The minimum Gasteiger partial charge on any atom is -0.493 e. The molecule has 2 aromatic carbocycles. The predicted octanol–water partition coefficient (Wildman–Crippen LogP) is 4.90. The summed E-state index contributed by atoms with van der Waals surface area (Å²) in [5.74, 6) is 1.99. The van der Waals surface area contributed by atoms with Crippen molar-refractivity contribution in [3.05, 3.63) is 59.9 Å². The summed E-state index contributed by atoms with van der Waals surface area (Å²) in [5.41, 5.74) is 1.69. The molecule has 3 aromatic rings. The molecule has 1 aliphatic rings. The lowest BCUT2D eigenvalue weighted by molar-refractivity contribution is 0.343. The molecule has 26 heavy (non-hydrogen) atoms. The van der Waals surface area contributed by atoms with Crippen molar-refractivity contribution in [2.24, 2.45) is 0 Å². The van der Waals surface area contributed by atoms with E-state index < -0.39 is 0 Å². The highest BCUT2D eigenvalue weighted by atomic mass is 32.2. The molecule has 1 heterocycles. The molecule has 134 valence electrons. The van der Waals surface area contributed by atoms with Gasteiger partial charge < -0.3 is 4.74 Å². The van der Waals surface area contributed by atoms with E-state index in [1.54, 1.807) is 23.9 Å². The zero-order chi connectivity index (χ0) is 17.9. The molecule has 0 unspecified atom stereocenters. The second-order valence-electron chi connectivity index (χ2n) is 6.40. The summed E-state index contributed by atoms with van der Waals surface area (Å²) in [6.45, 7) is 2.63. The average molecular weight is 369 g/mol. The normalized spacial score (nSPS) is 13.8. The first-order valence-corrected chi connectivity index (χ1v) is 9.73. The van der Waals surface area contributed by atoms with Gasteiger partial charge in [-0.3, -0.25) is 4.57 Å². The van der Waals surface area contributed by atoms with Gasteiger partial charge in [0.05, 0.1) is 12.2 Å². The van der Waals surface area contributed by atoms with Crippen LogP contribution < -0.4 is 4.74 Å². The molecular formula is C20H20FN3OS. The summed E-state index contributed by atoms with van der Waals surface area (Å²) >= 11 is 1.60. The van der Waals surface area contributed by atoms with Crippen LogP contribution in [0.15, 0.2) is 53.7 Å². The van der Waals surface area contributed by atoms with Crippen LogP contribution in [0.1, 0.15) is 24.4 Å². The van der Waals surface area contributed by atoms with Gasteiger partial charge in [0.1, 0.15) is 11.6 Å². The molecule has 0 radical (unpaired) electrons. The molecule has 0 N–H and O–H groups in total. The molecule has 1 fully saturated rings. The highest BCUT2D eigenvalue weighted by Crippen LogP contribution is 2.41. The molecule has 0 amide bonds. The van der Waals surface area contributed by atoms with Crippen molar-refractivity contribution in [3.8, 4) is 17.1 Å². The van der Waals surface area contributed by atoms with Gasteiger partial charge in [-0.2, -0.15) is 0 Å². The maximum absolute atomic E-state index is 14.2. The first kappa shape index (κ1) is 17.1. The van der Waals surface area contributed by atoms with E-state index >= 15 is 0 Å². The quantitative estimate of drug-likeness (QED) is 0.439. The van der Waals surface area contributed by atoms with Gasteiger partial charge in [-0.05, 0) is 49.6 Å². The third-order valence-corrected chi connectivity index (χ3v) is 5.17. The van der Waals surface area contributed by atoms with Gasteiger partial charge in [0, 0.05) is 11.8 Å². The molecule has 0 aliphatic heterocycles. The van der Waals surface area contributed by atoms with Gasteiger partial charge in [-0.25, -0.2) is 4.39 Å². The Morgan fingerprint density at radius 1 is 1.15 bits per heavy atom. The Kier molecular flexibility index (Phi) is 4.93. The fourth-order valence-electron chi connectivity index (χ4n) is 2.86. The largest absolute Gasteiger partial charge is 0.493 e. The monoisotopic (exact) mass is 369 g/mol. The Balaban J connectivity index is 1.45. The Morgan fingerprint density at radius 2 is 2.00 bits per heavy atom. The molecule has 0 atom stereocenters. The number of aryl methyl sites for hydroxylation is 1. The fourth-order valence-corrected chi connectivity index (χ4v) is 3.68. The minimum absolute atomic E-state index is 0.263. The topological polar surface area (TPSA) is 39.9 Å². The lowest BCUT2D eigenvalue weighted by atomic mass is 10.2. The smallest absolute Gasteiger partial charge is 0.191 e. The maximum Gasteiger partial charge on any atom is 0.191 e. The predicted molar refractivity (Wildman–Crippen MR) is 101 cm³/mol. The van der Waals surface area contributed by atoms with Gasteiger partial charge in [0.25, 0.3) is 0 Å². The molecule has 1 saturated carbocycles. The summed E-state index contributed by atoms with van der Waals surface area (Å²) in [6.07, 6.45) is 2.18. The molecule has 4 rings (SSSR count). The van der Waals surface area contributed by atoms with Crippen molar-refractivity contribution in [1.29, 1.82) is 0 Å². The van der Waals surface area contributed by atoms with Crippen molar-refractivity contribution in [2.75, 3.05) is 12.4 Å². The van der Waals surface area contributed by atoms with E-state index in [1.807, 2.05) is 37.3 Å². The molecule has 1 aliphatic carbocycles. The van der Waals surface area contributed by atoms with Crippen LogP contribution in [0.4, 0.5) is 4.39 Å². The number of benzene rings is 2. The third kappa shape index (κ3) is 3.75. The highest BCUT2D eigenvalue weighted by molar-refractivity contribution is 7.99. The van der Waals surface area contributed by atoms with Crippen LogP contribution in [0.5, 0.6) is 5.75 Å². The summed E-state index contributed by atoms with van der Waals surface area (Å²) in [7, 11) is 0. The van der Waals surface area contributed by atoms with E-state index in [-0.39, 0.29) is 5.82 Å². The minimum atomic E-state index is -0.263. The fraction of sp³-hybridized carbons (Fsp3) is 0.300. The first-order chi connectivity index (χ1) is 12.7. The number of hydrogen-bond acceptors (Lipinski definition) is 4. The summed E-state index contributed by atoms with van der Waals surface area (Å²) in [5, 5.41) is 9.41. The van der Waals surface area contributed by atoms with E-state index in [2.05, 4.69) is 14.8 Å². The Hall–Kier alpha value is -2.34.